The molecule has 2 amide bonds. The van der Waals surface area contributed by atoms with Gasteiger partial charge in [-0.15, -0.1) is 0 Å². The third-order valence-electron chi connectivity index (χ3n) is 7.10. The first-order valence-corrected chi connectivity index (χ1v) is 12.1. The van der Waals surface area contributed by atoms with E-state index in [9.17, 15) is 14.7 Å². The summed E-state index contributed by atoms with van der Waals surface area (Å²) in [6.07, 6.45) is 8.31. The molecule has 2 aliphatic carbocycles. The van der Waals surface area contributed by atoms with E-state index in [-0.39, 0.29) is 29.2 Å². The number of aliphatic hydroxyl groups is 1. The van der Waals surface area contributed by atoms with Crippen LogP contribution in [0.1, 0.15) is 58.1 Å². The van der Waals surface area contributed by atoms with E-state index in [2.05, 4.69) is 34.6 Å². The van der Waals surface area contributed by atoms with Crippen molar-refractivity contribution in [3.05, 3.63) is 29.2 Å². The zero-order valence-electron chi connectivity index (χ0n) is 19.0. The molecule has 0 bridgehead atoms. The smallest absolute Gasteiger partial charge is 0.252 e. The maximum atomic E-state index is 13.0. The minimum absolute atomic E-state index is 0.0984. The van der Waals surface area contributed by atoms with Crippen LogP contribution in [0.15, 0.2) is 18.5 Å². The Balaban J connectivity index is 1.27. The van der Waals surface area contributed by atoms with Crippen molar-refractivity contribution < 1.29 is 14.7 Å². The summed E-state index contributed by atoms with van der Waals surface area (Å²) in [5.41, 5.74) is 1.89. The van der Waals surface area contributed by atoms with Crippen LogP contribution in [0.2, 0.25) is 5.02 Å². The molecule has 2 saturated carbocycles. The van der Waals surface area contributed by atoms with Gasteiger partial charge in [0, 0.05) is 41.5 Å². The fourth-order valence-electron chi connectivity index (χ4n) is 5.04. The van der Waals surface area contributed by atoms with E-state index in [0.717, 1.165) is 49.0 Å². The maximum Gasteiger partial charge on any atom is 0.252 e. The molecule has 33 heavy (non-hydrogen) atoms. The molecule has 3 heterocycles. The van der Waals surface area contributed by atoms with Crippen LogP contribution >= 0.6 is 11.6 Å². The third kappa shape index (κ3) is 4.51. The number of hydrogen-bond acceptors (Lipinski definition) is 5. The number of carbonyl (C=O) groups is 2. The highest BCUT2D eigenvalue weighted by atomic mass is 35.5. The van der Waals surface area contributed by atoms with Crippen molar-refractivity contribution in [1.82, 2.24) is 20.1 Å². The lowest BCUT2D eigenvalue weighted by molar-refractivity contribution is -0.133. The number of rotatable bonds is 5. The van der Waals surface area contributed by atoms with Crippen molar-refractivity contribution >= 4 is 29.2 Å². The van der Waals surface area contributed by atoms with Crippen LogP contribution in [-0.2, 0) is 22.6 Å². The van der Waals surface area contributed by atoms with E-state index in [1.54, 1.807) is 6.20 Å². The fourth-order valence-corrected chi connectivity index (χ4v) is 5.24. The monoisotopic (exact) mass is 471 g/mol. The minimum Gasteiger partial charge on any atom is -0.380 e. The Labute approximate surface area is 198 Å². The number of nitrogens with zero attached hydrogens (tertiary/aromatic N) is 3. The summed E-state index contributed by atoms with van der Waals surface area (Å²) >= 11 is 6.48. The molecule has 176 valence electrons. The standard InChI is InChI=1S/C24H30ClN5O3/c1-23(2)10-19-17(11-27-30(19)13-23)16-9-20(26-12-18(16)25)29-21(31)14-4-3-5-15(8-14)28-22(32)24(33)6-7-24/h9,11-12,14-15,33H,3-8,10,13H2,1-2H3,(H,28,32)(H,26,29,31)/t14-,15+/m0/s1. The number of fused-ring (bicyclic) bond motifs is 1. The SMILES string of the molecule is CC1(C)Cc2c(-c3cc(NC(=O)[C@H]4CCC[C@@H](NC(=O)C5(O)CC5)C4)ncc3Cl)cnn2C1. The number of hydrogen-bond donors (Lipinski definition) is 3. The predicted molar refractivity (Wildman–Crippen MR) is 125 cm³/mol. The Bertz CT molecular complexity index is 1110. The molecule has 2 fully saturated rings. The Morgan fingerprint density at radius 2 is 2.00 bits per heavy atom. The molecule has 0 radical (unpaired) electrons. The van der Waals surface area contributed by atoms with Crippen molar-refractivity contribution in [2.24, 2.45) is 11.3 Å². The van der Waals surface area contributed by atoms with Crippen LogP contribution < -0.4 is 10.6 Å². The van der Waals surface area contributed by atoms with E-state index in [4.69, 9.17) is 11.6 Å². The van der Waals surface area contributed by atoms with Crippen molar-refractivity contribution in [1.29, 1.82) is 0 Å². The van der Waals surface area contributed by atoms with Gasteiger partial charge in [0.25, 0.3) is 5.91 Å². The van der Waals surface area contributed by atoms with Crippen molar-refractivity contribution in [3.63, 3.8) is 0 Å². The summed E-state index contributed by atoms with van der Waals surface area (Å²) in [4.78, 5) is 29.5. The van der Waals surface area contributed by atoms with Crippen LogP contribution in [0.4, 0.5) is 5.82 Å². The summed E-state index contributed by atoms with van der Waals surface area (Å²) in [6.45, 7) is 5.30. The number of anilines is 1. The highest BCUT2D eigenvalue weighted by molar-refractivity contribution is 6.33. The fraction of sp³-hybridized carbons (Fsp3) is 0.583. The number of nitrogens with one attached hydrogen (secondary N) is 2. The average Bonchev–Trinajstić information content (AvgIpc) is 3.30. The second-order valence-corrected chi connectivity index (χ2v) is 11.0. The normalized spacial score (nSPS) is 24.7. The summed E-state index contributed by atoms with van der Waals surface area (Å²) < 4.78 is 2.03. The lowest BCUT2D eigenvalue weighted by atomic mass is 9.85. The predicted octanol–water partition coefficient (Wildman–Crippen LogP) is 3.32. The van der Waals surface area contributed by atoms with Crippen LogP contribution in [0, 0.1) is 11.3 Å². The van der Waals surface area contributed by atoms with Gasteiger partial charge in [0.2, 0.25) is 5.91 Å². The molecule has 1 aliphatic heterocycles. The molecule has 2 aromatic heterocycles. The second kappa shape index (κ2) is 8.09. The molecule has 2 atom stereocenters. The van der Waals surface area contributed by atoms with Crippen LogP contribution in [0.25, 0.3) is 11.1 Å². The van der Waals surface area contributed by atoms with E-state index in [1.807, 2.05) is 16.9 Å². The van der Waals surface area contributed by atoms with E-state index in [0.29, 0.717) is 30.1 Å². The zero-order valence-corrected chi connectivity index (χ0v) is 19.8. The van der Waals surface area contributed by atoms with Crippen molar-refractivity contribution in [2.75, 3.05) is 5.32 Å². The summed E-state index contributed by atoms with van der Waals surface area (Å²) in [5, 5.41) is 20.9. The first-order valence-electron chi connectivity index (χ1n) is 11.7. The maximum absolute atomic E-state index is 13.0. The van der Waals surface area contributed by atoms with Gasteiger partial charge in [0.05, 0.1) is 11.2 Å². The van der Waals surface area contributed by atoms with Crippen molar-refractivity contribution in [3.8, 4) is 11.1 Å². The van der Waals surface area contributed by atoms with E-state index >= 15 is 0 Å². The summed E-state index contributed by atoms with van der Waals surface area (Å²) in [5.74, 6) is -0.189. The van der Waals surface area contributed by atoms with Crippen molar-refractivity contribution in [2.45, 2.75) is 77.0 Å². The number of halogens is 1. The summed E-state index contributed by atoms with van der Waals surface area (Å²) in [7, 11) is 0. The molecule has 0 saturated heterocycles. The van der Waals surface area contributed by atoms with E-state index in [1.165, 1.54) is 0 Å². The lowest BCUT2D eigenvalue weighted by Gasteiger charge is -2.29. The molecule has 2 aromatic rings. The van der Waals surface area contributed by atoms with Gasteiger partial charge >= 0.3 is 0 Å². The molecule has 0 aromatic carbocycles. The molecule has 0 spiro atoms. The molecular formula is C24H30ClN5O3. The van der Waals surface area contributed by atoms with Gasteiger partial charge in [-0.1, -0.05) is 31.9 Å². The molecule has 5 rings (SSSR count). The zero-order chi connectivity index (χ0) is 23.4. The Kier molecular flexibility index (Phi) is 5.48. The Morgan fingerprint density at radius 1 is 1.21 bits per heavy atom. The largest absolute Gasteiger partial charge is 0.380 e. The third-order valence-corrected chi connectivity index (χ3v) is 7.40. The molecular weight excluding hydrogens is 442 g/mol. The molecule has 0 unspecified atom stereocenters. The Hall–Kier alpha value is -2.45. The number of aromatic nitrogens is 3. The first kappa shape index (κ1) is 22.3. The van der Waals surface area contributed by atoms with Gasteiger partial charge in [-0.3, -0.25) is 14.3 Å². The number of carbonyl (C=O) groups excluding carboxylic acids is 2. The highest BCUT2D eigenvalue weighted by Crippen LogP contribution is 2.40. The molecule has 3 aliphatic rings. The van der Waals surface area contributed by atoms with Gasteiger partial charge in [-0.2, -0.15) is 5.10 Å². The number of amides is 2. The summed E-state index contributed by atoms with van der Waals surface area (Å²) in [6, 6.07) is 1.72. The lowest BCUT2D eigenvalue weighted by Crippen LogP contribution is -2.45. The quantitative estimate of drug-likeness (QED) is 0.619. The highest BCUT2D eigenvalue weighted by Gasteiger charge is 2.48. The molecule has 3 N–H and O–H groups in total. The molecule has 9 heteroatoms. The van der Waals surface area contributed by atoms with Gasteiger partial charge in [0.1, 0.15) is 11.4 Å². The molecule has 8 nitrogen and oxygen atoms in total. The first-order chi connectivity index (χ1) is 15.6. The van der Waals surface area contributed by atoms with Gasteiger partial charge in [-0.25, -0.2) is 4.98 Å². The van der Waals surface area contributed by atoms with Gasteiger partial charge in [0.15, 0.2) is 0 Å². The van der Waals surface area contributed by atoms with Crippen LogP contribution in [0.3, 0.4) is 0 Å². The number of pyridine rings is 1. The van der Waals surface area contributed by atoms with Gasteiger partial charge < -0.3 is 15.7 Å². The Morgan fingerprint density at radius 3 is 2.76 bits per heavy atom. The average molecular weight is 472 g/mol. The van der Waals surface area contributed by atoms with E-state index < -0.39 is 5.60 Å². The van der Waals surface area contributed by atoms with Gasteiger partial charge in [-0.05, 0) is 50.0 Å². The van der Waals surface area contributed by atoms with Crippen LogP contribution in [0.5, 0.6) is 0 Å². The second-order valence-electron chi connectivity index (χ2n) is 10.6. The van der Waals surface area contributed by atoms with Crippen LogP contribution in [-0.4, -0.2) is 43.3 Å². The minimum atomic E-state index is -1.19. The topological polar surface area (TPSA) is 109 Å².